The van der Waals surface area contributed by atoms with Gasteiger partial charge in [-0.1, -0.05) is 0 Å². The zero-order chi connectivity index (χ0) is 12.6. The van der Waals surface area contributed by atoms with E-state index in [-0.39, 0.29) is 5.92 Å². The minimum atomic E-state index is -1.08. The van der Waals surface area contributed by atoms with Crippen LogP contribution in [0.5, 0.6) is 0 Å². The maximum Gasteiger partial charge on any atom is 0.328 e. The third-order valence-electron chi connectivity index (χ3n) is 2.57. The van der Waals surface area contributed by atoms with Crippen molar-refractivity contribution in [2.45, 2.75) is 10.8 Å². The van der Waals surface area contributed by atoms with E-state index in [1.54, 1.807) is 0 Å². The van der Waals surface area contributed by atoms with Crippen molar-refractivity contribution < 1.29 is 14.4 Å². The van der Waals surface area contributed by atoms with E-state index in [9.17, 15) is 14.4 Å². The normalized spacial score (nSPS) is 28.1. The molecular weight excluding hydrogens is 269 g/mol. The summed E-state index contributed by atoms with van der Waals surface area (Å²) in [5.74, 6) is -2.38. The lowest BCUT2D eigenvalue weighted by Gasteiger charge is -2.16. The third kappa shape index (κ3) is 2.76. The van der Waals surface area contributed by atoms with Crippen LogP contribution in [0.3, 0.4) is 0 Å². The molecule has 0 radical (unpaired) electrons. The highest BCUT2D eigenvalue weighted by Gasteiger charge is 2.51. The highest BCUT2D eigenvalue weighted by Crippen LogP contribution is 2.53. The van der Waals surface area contributed by atoms with Crippen molar-refractivity contribution in [2.75, 3.05) is 6.54 Å². The molecule has 8 heteroatoms. The highest BCUT2D eigenvalue weighted by atomic mass is 35.5. The van der Waals surface area contributed by atoms with Gasteiger partial charge in [0.15, 0.2) is 5.92 Å². The third-order valence-corrected chi connectivity index (χ3v) is 3.50. The number of hydrogen-bond acceptors (Lipinski definition) is 4. The summed E-state index contributed by atoms with van der Waals surface area (Å²) < 4.78 is -0.732. The first kappa shape index (κ1) is 12.3. The van der Waals surface area contributed by atoms with Crippen molar-refractivity contribution >= 4 is 47.3 Å². The number of barbiturate groups is 1. The van der Waals surface area contributed by atoms with Crippen LogP contribution in [0.1, 0.15) is 6.42 Å². The lowest BCUT2D eigenvalue weighted by Crippen LogP contribution is -2.56. The molecule has 2 fully saturated rings. The molecule has 0 aromatic heterocycles. The number of amides is 4. The van der Waals surface area contributed by atoms with Crippen LogP contribution in [0.15, 0.2) is 4.99 Å². The molecule has 1 saturated heterocycles. The minimum Gasteiger partial charge on any atom is -0.296 e. The first-order chi connectivity index (χ1) is 7.90. The second-order valence-corrected chi connectivity index (χ2v) is 5.50. The second kappa shape index (κ2) is 4.27. The van der Waals surface area contributed by atoms with Gasteiger partial charge in [-0.2, -0.15) is 0 Å². The average Bonchev–Trinajstić information content (AvgIpc) is 2.78. The molecule has 1 atom stereocenters. The molecule has 6 nitrogen and oxygen atoms in total. The lowest BCUT2D eigenvalue weighted by atomic mass is 10.1. The van der Waals surface area contributed by atoms with Gasteiger partial charge >= 0.3 is 6.03 Å². The molecule has 17 heavy (non-hydrogen) atoms. The number of rotatable bonds is 3. The summed E-state index contributed by atoms with van der Waals surface area (Å²) in [5, 5.41) is 3.95. The van der Waals surface area contributed by atoms with Crippen LogP contribution in [0.4, 0.5) is 4.79 Å². The topological polar surface area (TPSA) is 87.6 Å². The maximum absolute atomic E-state index is 11.3. The van der Waals surface area contributed by atoms with Crippen molar-refractivity contribution in [2.24, 2.45) is 16.8 Å². The van der Waals surface area contributed by atoms with Crippen LogP contribution in [0, 0.1) is 11.8 Å². The van der Waals surface area contributed by atoms with Gasteiger partial charge in [-0.05, 0) is 6.42 Å². The number of aliphatic imine (C=N–C) groups is 1. The van der Waals surface area contributed by atoms with Crippen molar-refractivity contribution in [3.8, 4) is 0 Å². The van der Waals surface area contributed by atoms with Crippen LogP contribution < -0.4 is 10.6 Å². The molecule has 4 amide bonds. The van der Waals surface area contributed by atoms with Crippen LogP contribution in [-0.2, 0) is 9.59 Å². The monoisotopic (exact) mass is 277 g/mol. The molecule has 1 heterocycles. The Kier molecular flexibility index (Phi) is 3.09. The molecular formula is C9H9Cl2N3O3. The largest absolute Gasteiger partial charge is 0.328 e. The summed E-state index contributed by atoms with van der Waals surface area (Å²) in [6.45, 7) is 0.359. The van der Waals surface area contributed by atoms with Gasteiger partial charge in [0.1, 0.15) is 4.33 Å². The lowest BCUT2D eigenvalue weighted by molar-refractivity contribution is -0.132. The van der Waals surface area contributed by atoms with E-state index in [2.05, 4.69) is 4.99 Å². The summed E-state index contributed by atoms with van der Waals surface area (Å²) in [5.41, 5.74) is 0. The Labute approximate surface area is 107 Å². The summed E-state index contributed by atoms with van der Waals surface area (Å²) in [6.07, 6.45) is 1.86. The van der Waals surface area contributed by atoms with Gasteiger partial charge in [0.05, 0.1) is 0 Å². The fraction of sp³-hybridized carbons (Fsp3) is 0.556. The Balaban J connectivity index is 1.90. The van der Waals surface area contributed by atoms with E-state index in [0.717, 1.165) is 0 Å². The van der Waals surface area contributed by atoms with Crippen molar-refractivity contribution in [3.63, 3.8) is 0 Å². The van der Waals surface area contributed by atoms with Crippen molar-refractivity contribution in [1.82, 2.24) is 10.6 Å². The predicted molar refractivity (Wildman–Crippen MR) is 61.1 cm³/mol. The first-order valence-electron chi connectivity index (χ1n) is 4.93. The Hall–Kier alpha value is -1.14. The van der Waals surface area contributed by atoms with Gasteiger partial charge < -0.3 is 0 Å². The molecule has 2 aliphatic rings. The molecule has 2 N–H and O–H groups in total. The van der Waals surface area contributed by atoms with E-state index < -0.39 is 28.1 Å². The zero-order valence-corrected chi connectivity index (χ0v) is 10.1. The number of carbonyl (C=O) groups is 3. The number of urea groups is 1. The molecule has 1 saturated carbocycles. The first-order valence-corrected chi connectivity index (χ1v) is 5.69. The van der Waals surface area contributed by atoms with Crippen molar-refractivity contribution in [1.29, 1.82) is 0 Å². The quantitative estimate of drug-likeness (QED) is 0.440. The van der Waals surface area contributed by atoms with E-state index in [4.69, 9.17) is 23.2 Å². The maximum atomic E-state index is 11.3. The van der Waals surface area contributed by atoms with Gasteiger partial charge in [-0.3, -0.25) is 25.2 Å². The molecule has 2 rings (SSSR count). The Morgan fingerprint density at radius 3 is 2.29 bits per heavy atom. The summed E-state index contributed by atoms with van der Waals surface area (Å²) in [7, 11) is 0. The fourth-order valence-electron chi connectivity index (χ4n) is 1.43. The molecule has 0 aromatic carbocycles. The summed E-state index contributed by atoms with van der Waals surface area (Å²) in [6, 6.07) is -0.813. The highest BCUT2D eigenvalue weighted by molar-refractivity contribution is 6.50. The number of carbonyl (C=O) groups excluding carboxylic acids is 3. The molecule has 0 unspecified atom stereocenters. The number of nitrogens with one attached hydrogen (secondary N) is 2. The Morgan fingerprint density at radius 1 is 1.29 bits per heavy atom. The Bertz CT molecular complexity index is 402. The second-order valence-electron chi connectivity index (χ2n) is 3.96. The fourth-order valence-corrected chi connectivity index (χ4v) is 1.94. The smallest absolute Gasteiger partial charge is 0.296 e. The number of imide groups is 2. The summed E-state index contributed by atoms with van der Waals surface area (Å²) in [4.78, 5) is 37.3. The van der Waals surface area contributed by atoms with Crippen LogP contribution in [-0.4, -0.2) is 34.9 Å². The SMILES string of the molecule is O=C1NC(=O)C(C=NC[C@H]2CC2(Cl)Cl)C(=O)N1. The van der Waals surface area contributed by atoms with E-state index in [1.165, 1.54) is 6.21 Å². The average molecular weight is 278 g/mol. The van der Waals surface area contributed by atoms with Gasteiger partial charge in [-0.25, -0.2) is 4.79 Å². The number of alkyl halides is 2. The van der Waals surface area contributed by atoms with E-state index >= 15 is 0 Å². The van der Waals surface area contributed by atoms with Crippen LogP contribution in [0.25, 0.3) is 0 Å². The van der Waals surface area contributed by atoms with Crippen LogP contribution in [0.2, 0.25) is 0 Å². The summed E-state index contributed by atoms with van der Waals surface area (Å²) >= 11 is 11.6. The molecule has 0 spiro atoms. The molecule has 0 aromatic rings. The van der Waals surface area contributed by atoms with E-state index in [0.29, 0.717) is 13.0 Å². The standard InChI is InChI=1S/C9H9Cl2N3O3/c10-9(11)1-4(9)2-12-3-5-6(15)13-8(17)14-7(5)16/h3-5H,1-2H2,(H2,13,14,15,16,17)/t4-/m1/s1. The van der Waals surface area contributed by atoms with Gasteiger partial charge in [0.25, 0.3) is 0 Å². The number of hydrogen-bond donors (Lipinski definition) is 2. The van der Waals surface area contributed by atoms with Gasteiger partial charge in [-0.15, -0.1) is 23.2 Å². The molecule has 92 valence electrons. The number of nitrogens with zero attached hydrogens (tertiary/aromatic N) is 1. The molecule has 1 aliphatic heterocycles. The van der Waals surface area contributed by atoms with Crippen molar-refractivity contribution in [3.05, 3.63) is 0 Å². The molecule has 0 bridgehead atoms. The number of halogens is 2. The molecule has 1 aliphatic carbocycles. The Morgan fingerprint density at radius 2 is 1.82 bits per heavy atom. The van der Waals surface area contributed by atoms with E-state index in [1.807, 2.05) is 10.6 Å². The van der Waals surface area contributed by atoms with Gasteiger partial charge in [0.2, 0.25) is 11.8 Å². The zero-order valence-electron chi connectivity index (χ0n) is 8.57. The van der Waals surface area contributed by atoms with Gasteiger partial charge in [0, 0.05) is 18.7 Å². The predicted octanol–water partition coefficient (Wildman–Crippen LogP) is 0.233. The van der Waals surface area contributed by atoms with Crippen LogP contribution >= 0.6 is 23.2 Å². The minimum absolute atomic E-state index is 0.0541.